The lowest BCUT2D eigenvalue weighted by Crippen LogP contribution is -2.09. The second-order valence-corrected chi connectivity index (χ2v) is 5.09. The zero-order valence-electron chi connectivity index (χ0n) is 11.8. The Morgan fingerprint density at radius 1 is 1.30 bits per heavy atom. The summed E-state index contributed by atoms with van der Waals surface area (Å²) in [5.41, 5.74) is 0.629. The van der Waals surface area contributed by atoms with Crippen molar-refractivity contribution in [3.8, 4) is 5.75 Å². The maximum Gasteiger partial charge on any atom is 0.270 e. The Morgan fingerprint density at radius 3 is 2.65 bits per heavy atom. The first-order chi connectivity index (χ1) is 9.54. The third kappa shape index (κ3) is 5.75. The zero-order valence-corrected chi connectivity index (χ0v) is 12.6. The fourth-order valence-electron chi connectivity index (χ4n) is 1.56. The molecule has 0 saturated heterocycles. The first-order valence-electron chi connectivity index (χ1n) is 6.58. The van der Waals surface area contributed by atoms with Gasteiger partial charge in [-0.25, -0.2) is 0 Å². The predicted molar refractivity (Wildman–Crippen MR) is 78.4 cm³/mol. The molecule has 0 bridgehead atoms. The SMILES string of the molecule is CC(C)CCOCCOc1ccc([N+](=O)[O-])cc1CCl. The number of alkyl halides is 1. The summed E-state index contributed by atoms with van der Waals surface area (Å²) < 4.78 is 11.0. The molecule has 0 fully saturated rings. The summed E-state index contributed by atoms with van der Waals surface area (Å²) in [5, 5.41) is 10.7. The van der Waals surface area contributed by atoms with Gasteiger partial charge in [0.25, 0.3) is 5.69 Å². The van der Waals surface area contributed by atoms with Crippen LogP contribution in [-0.4, -0.2) is 24.7 Å². The number of hydrogen-bond acceptors (Lipinski definition) is 4. The van der Waals surface area contributed by atoms with Gasteiger partial charge in [-0.1, -0.05) is 13.8 Å². The Morgan fingerprint density at radius 2 is 2.05 bits per heavy atom. The van der Waals surface area contributed by atoms with Crippen molar-refractivity contribution in [2.24, 2.45) is 5.92 Å². The van der Waals surface area contributed by atoms with Crippen LogP contribution in [0.3, 0.4) is 0 Å². The van der Waals surface area contributed by atoms with Crippen molar-refractivity contribution in [2.75, 3.05) is 19.8 Å². The van der Waals surface area contributed by atoms with Gasteiger partial charge in [-0.15, -0.1) is 11.6 Å². The maximum absolute atomic E-state index is 10.7. The Kier molecular flexibility index (Phi) is 7.33. The molecule has 0 amide bonds. The molecular weight excluding hydrogens is 282 g/mol. The summed E-state index contributed by atoms with van der Waals surface area (Å²) in [5.74, 6) is 1.36. The van der Waals surface area contributed by atoms with Crippen molar-refractivity contribution < 1.29 is 14.4 Å². The average molecular weight is 302 g/mol. The number of hydrogen-bond donors (Lipinski definition) is 0. The van der Waals surface area contributed by atoms with Crippen LogP contribution in [0.15, 0.2) is 18.2 Å². The van der Waals surface area contributed by atoms with E-state index in [-0.39, 0.29) is 11.6 Å². The molecule has 20 heavy (non-hydrogen) atoms. The highest BCUT2D eigenvalue weighted by Gasteiger charge is 2.11. The quantitative estimate of drug-likeness (QED) is 0.301. The van der Waals surface area contributed by atoms with E-state index in [1.165, 1.54) is 12.1 Å². The third-order valence-electron chi connectivity index (χ3n) is 2.72. The van der Waals surface area contributed by atoms with Crippen LogP contribution < -0.4 is 4.74 Å². The number of ether oxygens (including phenoxy) is 2. The van der Waals surface area contributed by atoms with Crippen LogP contribution >= 0.6 is 11.6 Å². The highest BCUT2D eigenvalue weighted by atomic mass is 35.5. The van der Waals surface area contributed by atoms with Gasteiger partial charge in [0.1, 0.15) is 12.4 Å². The lowest BCUT2D eigenvalue weighted by molar-refractivity contribution is -0.384. The molecule has 5 nitrogen and oxygen atoms in total. The molecule has 0 saturated carbocycles. The first kappa shape index (κ1) is 16.7. The van der Waals surface area contributed by atoms with Gasteiger partial charge in [0, 0.05) is 24.3 Å². The summed E-state index contributed by atoms with van der Waals surface area (Å²) in [7, 11) is 0. The van der Waals surface area contributed by atoms with Gasteiger partial charge in [-0.05, 0) is 18.4 Å². The molecule has 0 aliphatic carbocycles. The molecule has 1 aromatic rings. The van der Waals surface area contributed by atoms with Crippen molar-refractivity contribution in [1.29, 1.82) is 0 Å². The largest absolute Gasteiger partial charge is 0.491 e. The fourth-order valence-corrected chi connectivity index (χ4v) is 1.77. The summed E-state index contributed by atoms with van der Waals surface area (Å²) in [6, 6.07) is 4.41. The van der Waals surface area contributed by atoms with Gasteiger partial charge in [0.15, 0.2) is 0 Å². The monoisotopic (exact) mass is 301 g/mol. The lowest BCUT2D eigenvalue weighted by atomic mass is 10.1. The van der Waals surface area contributed by atoms with Gasteiger partial charge in [0.2, 0.25) is 0 Å². The van der Waals surface area contributed by atoms with Crippen LogP contribution in [-0.2, 0) is 10.6 Å². The van der Waals surface area contributed by atoms with Gasteiger partial charge in [-0.3, -0.25) is 10.1 Å². The van der Waals surface area contributed by atoms with Gasteiger partial charge < -0.3 is 9.47 Å². The third-order valence-corrected chi connectivity index (χ3v) is 3.01. The number of non-ortho nitro benzene ring substituents is 1. The van der Waals surface area contributed by atoms with Crippen molar-refractivity contribution in [2.45, 2.75) is 26.1 Å². The van der Waals surface area contributed by atoms with Crippen LogP contribution in [0.4, 0.5) is 5.69 Å². The normalized spacial score (nSPS) is 10.8. The Hall–Kier alpha value is -1.33. The van der Waals surface area contributed by atoms with E-state index in [0.29, 0.717) is 37.1 Å². The second kappa shape index (κ2) is 8.76. The second-order valence-electron chi connectivity index (χ2n) is 4.83. The van der Waals surface area contributed by atoms with E-state index in [1.54, 1.807) is 6.07 Å². The van der Waals surface area contributed by atoms with Crippen molar-refractivity contribution >= 4 is 17.3 Å². The molecule has 0 spiro atoms. The fraction of sp³-hybridized carbons (Fsp3) is 0.571. The summed E-state index contributed by atoms with van der Waals surface area (Å²) >= 11 is 5.77. The van der Waals surface area contributed by atoms with Crippen LogP contribution in [0.25, 0.3) is 0 Å². The Balaban J connectivity index is 2.41. The van der Waals surface area contributed by atoms with E-state index in [9.17, 15) is 10.1 Å². The molecule has 0 radical (unpaired) electrons. The molecule has 112 valence electrons. The van der Waals surface area contributed by atoms with Crippen LogP contribution in [0, 0.1) is 16.0 Å². The van der Waals surface area contributed by atoms with Crippen molar-refractivity contribution in [3.63, 3.8) is 0 Å². The average Bonchev–Trinajstić information content (AvgIpc) is 2.42. The number of halogens is 1. The number of benzene rings is 1. The standard InChI is InChI=1S/C14H20ClNO4/c1-11(2)5-6-19-7-8-20-14-4-3-13(16(17)18)9-12(14)10-15/h3-4,9,11H,5-8,10H2,1-2H3. The molecule has 0 heterocycles. The van der Waals surface area contributed by atoms with E-state index >= 15 is 0 Å². The molecule has 0 N–H and O–H groups in total. The molecule has 1 aromatic carbocycles. The maximum atomic E-state index is 10.7. The molecular formula is C14H20ClNO4. The summed E-state index contributed by atoms with van der Waals surface area (Å²) in [6.45, 7) is 5.89. The van der Waals surface area contributed by atoms with Crippen LogP contribution in [0.2, 0.25) is 0 Å². The molecule has 0 unspecified atom stereocenters. The Bertz CT molecular complexity index is 437. The van der Waals surface area contributed by atoms with E-state index in [2.05, 4.69) is 13.8 Å². The topological polar surface area (TPSA) is 61.6 Å². The van der Waals surface area contributed by atoms with E-state index in [4.69, 9.17) is 21.1 Å². The smallest absolute Gasteiger partial charge is 0.270 e. The van der Waals surface area contributed by atoms with Gasteiger partial charge in [-0.2, -0.15) is 0 Å². The zero-order chi connectivity index (χ0) is 15.0. The molecule has 0 aliphatic rings. The van der Waals surface area contributed by atoms with E-state index in [0.717, 1.165) is 6.42 Å². The van der Waals surface area contributed by atoms with Crippen LogP contribution in [0.1, 0.15) is 25.8 Å². The van der Waals surface area contributed by atoms with E-state index < -0.39 is 4.92 Å². The van der Waals surface area contributed by atoms with Crippen molar-refractivity contribution in [1.82, 2.24) is 0 Å². The number of nitro benzene ring substituents is 1. The minimum absolute atomic E-state index is 0.0150. The number of nitrogens with zero attached hydrogens (tertiary/aromatic N) is 1. The molecule has 0 aliphatic heterocycles. The minimum atomic E-state index is -0.450. The van der Waals surface area contributed by atoms with Crippen LogP contribution in [0.5, 0.6) is 5.75 Å². The molecule has 0 aromatic heterocycles. The molecule has 6 heteroatoms. The summed E-state index contributed by atoms with van der Waals surface area (Å²) in [6.07, 6.45) is 1.02. The first-order valence-corrected chi connectivity index (χ1v) is 7.12. The summed E-state index contributed by atoms with van der Waals surface area (Å²) in [4.78, 5) is 10.2. The van der Waals surface area contributed by atoms with Crippen molar-refractivity contribution in [3.05, 3.63) is 33.9 Å². The number of rotatable bonds is 9. The lowest BCUT2D eigenvalue weighted by Gasteiger charge is -2.10. The minimum Gasteiger partial charge on any atom is -0.491 e. The van der Waals surface area contributed by atoms with E-state index in [1.807, 2.05) is 0 Å². The van der Waals surface area contributed by atoms with Gasteiger partial charge in [0.05, 0.1) is 17.4 Å². The molecule has 0 atom stereocenters. The molecule has 1 rings (SSSR count). The van der Waals surface area contributed by atoms with Gasteiger partial charge >= 0.3 is 0 Å². The predicted octanol–water partition coefficient (Wildman–Crippen LogP) is 3.78. The highest BCUT2D eigenvalue weighted by molar-refractivity contribution is 6.17. The highest BCUT2D eigenvalue weighted by Crippen LogP contribution is 2.25. The number of nitro groups is 1. The Labute approximate surface area is 124 Å².